The highest BCUT2D eigenvalue weighted by atomic mass is 15.0. The minimum Gasteiger partial charge on any atom is -0.299 e. The van der Waals surface area contributed by atoms with Gasteiger partial charge in [0.05, 0.1) is 22.8 Å². The van der Waals surface area contributed by atoms with Gasteiger partial charge in [-0.1, -0.05) is 164 Å². The molecular weight excluding hydrogens is 717 g/mol. The summed E-state index contributed by atoms with van der Waals surface area (Å²) in [6.45, 7) is 0. The maximum atomic E-state index is 5.53. The van der Waals surface area contributed by atoms with E-state index in [1.54, 1.807) is 0 Å². The summed E-state index contributed by atoms with van der Waals surface area (Å²) in [7, 11) is 0. The molecule has 0 aliphatic rings. The molecule has 59 heavy (non-hydrogen) atoms. The Balaban J connectivity index is 1.15. The van der Waals surface area contributed by atoms with Crippen LogP contribution < -0.4 is 0 Å². The van der Waals surface area contributed by atoms with Gasteiger partial charge in [-0.15, -0.1) is 0 Å². The number of rotatable bonds is 5. The molecule has 12 aromatic rings. The molecule has 4 nitrogen and oxygen atoms in total. The van der Waals surface area contributed by atoms with Crippen molar-refractivity contribution in [1.82, 2.24) is 19.4 Å². The van der Waals surface area contributed by atoms with Gasteiger partial charge in [-0.3, -0.25) is 4.40 Å². The predicted octanol–water partition coefficient (Wildman–Crippen LogP) is 14.2. The lowest BCUT2D eigenvalue weighted by molar-refractivity contribution is 1.19. The van der Waals surface area contributed by atoms with E-state index in [2.05, 4.69) is 199 Å². The summed E-state index contributed by atoms with van der Waals surface area (Å²) < 4.78 is 2.20. The van der Waals surface area contributed by atoms with Gasteiger partial charge in [0.15, 0.2) is 5.82 Å². The van der Waals surface area contributed by atoms with E-state index in [0.717, 1.165) is 77.8 Å². The van der Waals surface area contributed by atoms with Gasteiger partial charge >= 0.3 is 0 Å². The molecule has 274 valence electrons. The van der Waals surface area contributed by atoms with Crippen LogP contribution in [0.2, 0.25) is 0 Å². The Morgan fingerprint density at radius 2 is 0.780 bits per heavy atom. The minimum absolute atomic E-state index is 0.677. The molecule has 0 unspecified atom stereocenters. The average Bonchev–Trinajstić information content (AvgIpc) is 3.70. The lowest BCUT2D eigenvalue weighted by Crippen LogP contribution is -1.99. The van der Waals surface area contributed by atoms with Crippen LogP contribution in [0.3, 0.4) is 0 Å². The largest absolute Gasteiger partial charge is 0.299 e. The molecule has 0 amide bonds. The molecule has 0 N–H and O–H groups in total. The third-order valence-corrected chi connectivity index (χ3v) is 11.8. The van der Waals surface area contributed by atoms with Crippen molar-refractivity contribution in [3.05, 3.63) is 206 Å². The Bertz CT molecular complexity index is 3480. The maximum absolute atomic E-state index is 5.53. The molecule has 3 heterocycles. The number of nitrogens with zero attached hydrogens (tertiary/aromatic N) is 4. The Hall–Kier alpha value is -7.95. The third kappa shape index (κ3) is 5.34. The fourth-order valence-corrected chi connectivity index (χ4v) is 9.13. The zero-order chi connectivity index (χ0) is 38.9. The molecule has 0 spiro atoms. The highest BCUT2D eigenvalue weighted by Crippen LogP contribution is 2.43. The molecule has 12 rings (SSSR count). The second-order valence-corrected chi connectivity index (χ2v) is 15.2. The molecule has 0 saturated heterocycles. The standard InChI is InChI=1S/C55H34N4/c1-2-16-35(17-3-1)53-54(59-31-15-14-28-52(59)58-53)46-29-30-47(43-25-11-10-24-42(43)46)55-56-50(48-32-36-18-4-6-20-38(36)40-22-8-12-26-44(40)48)34-51(57-55)49-33-37-19-5-7-21-39(37)41-23-9-13-27-45(41)49/h1-34H. The van der Waals surface area contributed by atoms with E-state index in [-0.39, 0.29) is 0 Å². The summed E-state index contributed by atoms with van der Waals surface area (Å²) in [5.74, 6) is 0.677. The zero-order valence-corrected chi connectivity index (χ0v) is 31.9. The van der Waals surface area contributed by atoms with Crippen molar-refractivity contribution in [3.63, 3.8) is 0 Å². The van der Waals surface area contributed by atoms with E-state index in [1.165, 1.54) is 32.3 Å². The Morgan fingerprint density at radius 3 is 1.37 bits per heavy atom. The SMILES string of the molecule is c1ccc(-c2nc3ccccn3c2-c2ccc(-c3nc(-c4cc5ccccc5c5ccccc45)cc(-c4cc5ccccc5c5ccccc45)n3)c3ccccc23)cc1. The quantitative estimate of drug-likeness (QED) is 0.165. The van der Waals surface area contributed by atoms with Crippen molar-refractivity contribution in [3.8, 4) is 56.4 Å². The van der Waals surface area contributed by atoms with Crippen molar-refractivity contribution in [2.45, 2.75) is 0 Å². The normalized spacial score (nSPS) is 11.7. The Labute approximate surface area is 340 Å². The van der Waals surface area contributed by atoms with E-state index < -0.39 is 0 Å². The summed E-state index contributed by atoms with van der Waals surface area (Å²) in [6.07, 6.45) is 2.10. The molecule has 0 bridgehead atoms. The van der Waals surface area contributed by atoms with Crippen LogP contribution in [-0.4, -0.2) is 19.4 Å². The van der Waals surface area contributed by atoms with Crippen LogP contribution in [0.25, 0.3) is 116 Å². The lowest BCUT2D eigenvalue weighted by Gasteiger charge is -2.16. The molecule has 3 aromatic heterocycles. The summed E-state index contributed by atoms with van der Waals surface area (Å²) in [4.78, 5) is 16.2. The number of aromatic nitrogens is 4. The third-order valence-electron chi connectivity index (χ3n) is 11.8. The van der Waals surface area contributed by atoms with Crippen LogP contribution in [0.5, 0.6) is 0 Å². The Kier molecular flexibility index (Phi) is 7.50. The molecule has 0 atom stereocenters. The number of imidazole rings is 1. The van der Waals surface area contributed by atoms with Crippen molar-refractivity contribution in [1.29, 1.82) is 0 Å². The van der Waals surface area contributed by atoms with Gasteiger partial charge in [0, 0.05) is 34.0 Å². The van der Waals surface area contributed by atoms with Gasteiger partial charge in [-0.05, 0) is 90.3 Å². The van der Waals surface area contributed by atoms with Gasteiger partial charge in [0.2, 0.25) is 0 Å². The highest BCUT2D eigenvalue weighted by Gasteiger charge is 2.22. The van der Waals surface area contributed by atoms with Crippen LogP contribution in [0.4, 0.5) is 0 Å². The molecular formula is C55H34N4. The minimum atomic E-state index is 0.677. The average molecular weight is 751 g/mol. The van der Waals surface area contributed by atoms with Crippen molar-refractivity contribution in [2.24, 2.45) is 0 Å². The fourth-order valence-electron chi connectivity index (χ4n) is 9.13. The number of hydrogen-bond acceptors (Lipinski definition) is 3. The molecule has 0 aliphatic carbocycles. The second kappa shape index (κ2) is 13.3. The monoisotopic (exact) mass is 750 g/mol. The summed E-state index contributed by atoms with van der Waals surface area (Å²) in [6, 6.07) is 71.1. The van der Waals surface area contributed by atoms with Crippen molar-refractivity contribution in [2.75, 3.05) is 0 Å². The van der Waals surface area contributed by atoms with E-state index >= 15 is 0 Å². The molecule has 0 saturated carbocycles. The van der Waals surface area contributed by atoms with Gasteiger partial charge in [0.1, 0.15) is 5.65 Å². The zero-order valence-electron chi connectivity index (χ0n) is 31.9. The van der Waals surface area contributed by atoms with Crippen LogP contribution in [0.1, 0.15) is 0 Å². The van der Waals surface area contributed by atoms with E-state index in [9.17, 15) is 0 Å². The first-order chi connectivity index (χ1) is 29.3. The molecule has 4 heteroatoms. The lowest BCUT2D eigenvalue weighted by atomic mass is 9.92. The maximum Gasteiger partial charge on any atom is 0.161 e. The summed E-state index contributed by atoms with van der Waals surface area (Å²) >= 11 is 0. The topological polar surface area (TPSA) is 43.1 Å². The molecule has 0 radical (unpaired) electrons. The first-order valence-corrected chi connectivity index (χ1v) is 20.0. The Morgan fingerprint density at radius 1 is 0.322 bits per heavy atom. The smallest absolute Gasteiger partial charge is 0.161 e. The van der Waals surface area contributed by atoms with E-state index in [4.69, 9.17) is 15.0 Å². The van der Waals surface area contributed by atoms with Crippen LogP contribution in [-0.2, 0) is 0 Å². The van der Waals surface area contributed by atoms with Crippen molar-refractivity contribution >= 4 is 59.5 Å². The van der Waals surface area contributed by atoms with Gasteiger partial charge in [-0.25, -0.2) is 15.0 Å². The molecule has 9 aromatic carbocycles. The van der Waals surface area contributed by atoms with Crippen LogP contribution in [0, 0.1) is 0 Å². The number of benzene rings is 9. The number of hydrogen-bond donors (Lipinski definition) is 0. The number of fused-ring (bicyclic) bond motifs is 8. The van der Waals surface area contributed by atoms with Gasteiger partial charge in [0.25, 0.3) is 0 Å². The van der Waals surface area contributed by atoms with Crippen molar-refractivity contribution < 1.29 is 0 Å². The second-order valence-electron chi connectivity index (χ2n) is 15.2. The van der Waals surface area contributed by atoms with Crippen LogP contribution in [0.15, 0.2) is 206 Å². The predicted molar refractivity (Wildman–Crippen MR) is 245 cm³/mol. The molecule has 0 aliphatic heterocycles. The highest BCUT2D eigenvalue weighted by molar-refractivity contribution is 6.16. The van der Waals surface area contributed by atoms with Gasteiger partial charge in [-0.2, -0.15) is 0 Å². The first-order valence-electron chi connectivity index (χ1n) is 20.0. The summed E-state index contributed by atoms with van der Waals surface area (Å²) in [5, 5.41) is 11.7. The van der Waals surface area contributed by atoms with Crippen LogP contribution >= 0.6 is 0 Å². The number of pyridine rings is 1. The van der Waals surface area contributed by atoms with Gasteiger partial charge < -0.3 is 0 Å². The molecule has 0 fully saturated rings. The fraction of sp³-hybridized carbons (Fsp3) is 0. The summed E-state index contributed by atoms with van der Waals surface area (Å²) in [5.41, 5.74) is 9.96. The van der Waals surface area contributed by atoms with E-state index in [0.29, 0.717) is 5.82 Å². The first kappa shape index (κ1) is 33.2. The van der Waals surface area contributed by atoms with E-state index in [1.807, 2.05) is 12.1 Å².